The molecule has 344 valence electrons. The third-order valence-electron chi connectivity index (χ3n) is 15.5. The normalized spacial score (nSPS) is 21.7. The number of aryl methyl sites for hydroxylation is 2. The van der Waals surface area contributed by atoms with Crippen molar-refractivity contribution in [2.45, 2.75) is 154 Å². The van der Waals surface area contributed by atoms with E-state index in [-0.39, 0.29) is 29.2 Å². The number of amides is 3. The molecule has 0 spiro atoms. The minimum absolute atomic E-state index is 0.0594. The maximum absolute atomic E-state index is 15.5. The second-order valence-corrected chi connectivity index (χ2v) is 20.2. The molecule has 2 unspecified atom stereocenters. The first kappa shape index (κ1) is 45.7. The summed E-state index contributed by atoms with van der Waals surface area (Å²) in [6, 6.07) is 12.4. The zero-order chi connectivity index (χ0) is 45.0. The van der Waals surface area contributed by atoms with Crippen LogP contribution in [0.1, 0.15) is 140 Å². The molecule has 64 heavy (non-hydrogen) atoms. The fraction of sp³-hybridized carbons (Fsp3) is 0.596. The lowest BCUT2D eigenvalue weighted by atomic mass is 9.73. The Hall–Kier alpha value is -4.84. The molecule has 8 rings (SSSR count). The third kappa shape index (κ3) is 9.87. The van der Waals surface area contributed by atoms with E-state index >= 15 is 4.39 Å². The molecule has 2 aliphatic heterocycles. The van der Waals surface area contributed by atoms with Crippen LogP contribution in [0.15, 0.2) is 42.7 Å². The van der Waals surface area contributed by atoms with Gasteiger partial charge in [-0.2, -0.15) is 0 Å². The van der Waals surface area contributed by atoms with E-state index in [9.17, 15) is 14.4 Å². The summed E-state index contributed by atoms with van der Waals surface area (Å²) in [5.41, 5.74) is 6.82. The van der Waals surface area contributed by atoms with Gasteiger partial charge in [-0.25, -0.2) is 14.4 Å². The average molecular weight is 875 g/mol. The Morgan fingerprint density at radius 2 is 1.70 bits per heavy atom. The van der Waals surface area contributed by atoms with Gasteiger partial charge in [0.05, 0.1) is 23.2 Å². The van der Waals surface area contributed by atoms with Crippen molar-refractivity contribution in [2.75, 3.05) is 42.9 Å². The van der Waals surface area contributed by atoms with Crippen LogP contribution < -0.4 is 15.5 Å². The van der Waals surface area contributed by atoms with Crippen molar-refractivity contribution in [3.05, 3.63) is 65.2 Å². The lowest BCUT2D eigenvalue weighted by molar-refractivity contribution is -0.135. The fourth-order valence-electron chi connectivity index (χ4n) is 11.3. The molecule has 4 aliphatic rings. The number of anilines is 3. The standard InChI is InChI=1S/C52H71FN8O3/c1-35(2)60-32-55-47-30-45(56-50(49(47)60)57-46-26-37(4)36(3)25-44(46)53)40-16-17-43(48(27-40)61(34-63)42-28-41(29-42)58-22-10-7-11-23-58)52(5,20-21-54-33-62)19-12-13-38-18-24-59(31-38)51(64)39-14-8-6-9-15-39/h16-17,25-27,30,32-35,38-39,41-42H,6-15,18-24,28-29,31H2,1-5H3,(H,54,62)(H,56,57). The number of pyridine rings is 1. The van der Waals surface area contributed by atoms with Crippen LogP contribution in [-0.4, -0.2) is 87.9 Å². The lowest BCUT2D eigenvalue weighted by Gasteiger charge is -2.48. The van der Waals surface area contributed by atoms with Crippen molar-refractivity contribution >= 4 is 47.0 Å². The Bertz CT molecular complexity index is 2280. The van der Waals surface area contributed by atoms with Crippen LogP contribution in [0.2, 0.25) is 0 Å². The fourth-order valence-corrected chi connectivity index (χ4v) is 11.3. The molecule has 0 radical (unpaired) electrons. The summed E-state index contributed by atoms with van der Waals surface area (Å²) in [6.45, 7) is 14.8. The van der Waals surface area contributed by atoms with Gasteiger partial charge in [-0.3, -0.25) is 14.4 Å². The highest BCUT2D eigenvalue weighted by Crippen LogP contribution is 2.45. The van der Waals surface area contributed by atoms with Crippen LogP contribution in [0.5, 0.6) is 0 Å². The number of hydrogen-bond donors (Lipinski definition) is 2. The number of piperidine rings is 1. The Labute approximate surface area is 379 Å². The number of imidazole rings is 1. The monoisotopic (exact) mass is 875 g/mol. The van der Waals surface area contributed by atoms with Crippen molar-refractivity contribution in [1.82, 2.24) is 29.7 Å². The quantitative estimate of drug-likeness (QED) is 0.0756. The molecule has 4 heterocycles. The van der Waals surface area contributed by atoms with Crippen LogP contribution in [0, 0.1) is 31.5 Å². The molecule has 2 aromatic heterocycles. The molecule has 2 saturated carbocycles. The summed E-state index contributed by atoms with van der Waals surface area (Å²) >= 11 is 0. The van der Waals surface area contributed by atoms with Gasteiger partial charge in [-0.05, 0) is 157 Å². The molecule has 4 fully saturated rings. The molecule has 12 heteroatoms. The first-order valence-electron chi connectivity index (χ1n) is 24.5. The van der Waals surface area contributed by atoms with Crippen LogP contribution in [0.3, 0.4) is 0 Å². The summed E-state index contributed by atoms with van der Waals surface area (Å²) in [6.07, 6.45) is 19.5. The molecular formula is C52H71FN8O3. The van der Waals surface area contributed by atoms with Crippen LogP contribution in [0.4, 0.5) is 21.6 Å². The number of benzene rings is 2. The lowest BCUT2D eigenvalue weighted by Crippen LogP contribution is -2.55. The number of aromatic nitrogens is 3. The molecule has 0 bridgehead atoms. The van der Waals surface area contributed by atoms with Gasteiger partial charge in [0.2, 0.25) is 18.7 Å². The van der Waals surface area contributed by atoms with E-state index in [0.29, 0.717) is 48.0 Å². The number of fused-ring (bicyclic) bond motifs is 1. The second kappa shape index (κ2) is 20.1. The Kier molecular flexibility index (Phi) is 14.4. The highest BCUT2D eigenvalue weighted by molar-refractivity contribution is 5.92. The predicted molar refractivity (Wildman–Crippen MR) is 254 cm³/mol. The number of hydrogen-bond acceptors (Lipinski definition) is 7. The second-order valence-electron chi connectivity index (χ2n) is 20.2. The summed E-state index contributed by atoms with van der Waals surface area (Å²) in [5.74, 6) is 1.20. The van der Waals surface area contributed by atoms with Crippen molar-refractivity contribution in [3.63, 3.8) is 0 Å². The first-order valence-corrected chi connectivity index (χ1v) is 24.5. The highest BCUT2D eigenvalue weighted by atomic mass is 19.1. The van der Waals surface area contributed by atoms with E-state index in [1.165, 1.54) is 25.7 Å². The van der Waals surface area contributed by atoms with E-state index in [2.05, 4.69) is 64.0 Å². The van der Waals surface area contributed by atoms with E-state index in [1.54, 1.807) is 6.07 Å². The molecule has 11 nitrogen and oxygen atoms in total. The first-order chi connectivity index (χ1) is 31.0. The van der Waals surface area contributed by atoms with Gasteiger partial charge < -0.3 is 29.9 Å². The number of carbonyl (C=O) groups is 3. The number of nitrogens with zero attached hydrogens (tertiary/aromatic N) is 6. The molecule has 2 atom stereocenters. The van der Waals surface area contributed by atoms with Gasteiger partial charge in [0.1, 0.15) is 11.3 Å². The summed E-state index contributed by atoms with van der Waals surface area (Å²) < 4.78 is 17.6. The van der Waals surface area contributed by atoms with Gasteiger partial charge in [-0.15, -0.1) is 0 Å². The number of carbonyl (C=O) groups excluding carboxylic acids is 3. The molecule has 3 amide bonds. The maximum Gasteiger partial charge on any atom is 0.225 e. The van der Waals surface area contributed by atoms with Crippen molar-refractivity contribution in [3.8, 4) is 11.3 Å². The summed E-state index contributed by atoms with van der Waals surface area (Å²) in [5, 5.41) is 6.30. The Balaban J connectivity index is 1.13. The smallest absolute Gasteiger partial charge is 0.225 e. The minimum atomic E-state index is -0.377. The van der Waals surface area contributed by atoms with Crippen molar-refractivity contribution in [1.29, 1.82) is 0 Å². The van der Waals surface area contributed by atoms with E-state index < -0.39 is 0 Å². The summed E-state index contributed by atoms with van der Waals surface area (Å²) in [7, 11) is 0. The van der Waals surface area contributed by atoms with Crippen molar-refractivity contribution < 1.29 is 18.8 Å². The molecule has 2 N–H and O–H groups in total. The van der Waals surface area contributed by atoms with Gasteiger partial charge in [0, 0.05) is 54.9 Å². The predicted octanol–water partition coefficient (Wildman–Crippen LogP) is 10.2. The highest BCUT2D eigenvalue weighted by Gasteiger charge is 2.40. The number of likely N-dealkylation sites (tertiary alicyclic amines) is 2. The molecule has 2 aliphatic carbocycles. The van der Waals surface area contributed by atoms with Crippen LogP contribution in [-0.2, 0) is 19.8 Å². The van der Waals surface area contributed by atoms with Crippen molar-refractivity contribution in [2.24, 2.45) is 11.8 Å². The molecule has 2 aromatic carbocycles. The van der Waals surface area contributed by atoms with Gasteiger partial charge in [0.25, 0.3) is 0 Å². The topological polar surface area (TPSA) is 116 Å². The zero-order valence-corrected chi connectivity index (χ0v) is 39.0. The largest absolute Gasteiger partial charge is 0.359 e. The summed E-state index contributed by atoms with van der Waals surface area (Å²) in [4.78, 5) is 55.3. The average Bonchev–Trinajstić information content (AvgIpc) is 3.95. The van der Waals surface area contributed by atoms with E-state index in [4.69, 9.17) is 9.97 Å². The van der Waals surface area contributed by atoms with E-state index in [1.807, 2.05) is 37.2 Å². The van der Waals surface area contributed by atoms with E-state index in [0.717, 1.165) is 142 Å². The zero-order valence-electron chi connectivity index (χ0n) is 39.0. The number of nitrogens with one attached hydrogen (secondary N) is 2. The molecular weight excluding hydrogens is 804 g/mol. The Morgan fingerprint density at radius 1 is 0.953 bits per heavy atom. The van der Waals surface area contributed by atoms with Gasteiger partial charge in [-0.1, -0.05) is 51.2 Å². The minimum Gasteiger partial charge on any atom is -0.359 e. The molecule has 2 saturated heterocycles. The number of halogens is 1. The van der Waals surface area contributed by atoms with Crippen LogP contribution >= 0.6 is 0 Å². The number of rotatable bonds is 18. The molecule has 4 aromatic rings. The maximum atomic E-state index is 15.5. The SMILES string of the molecule is Cc1cc(F)c(Nc2nc(-c3ccc(C(C)(CCCC4CCN(C(=O)C5CCCCC5)C4)CCNC=O)c(N(C=O)C4CC(N5CCCCC5)C4)c3)cc3ncn(C(C)C)c23)cc1C. The van der Waals surface area contributed by atoms with Crippen LogP contribution in [0.25, 0.3) is 22.3 Å². The van der Waals surface area contributed by atoms with Gasteiger partial charge in [0.15, 0.2) is 5.82 Å². The van der Waals surface area contributed by atoms with Gasteiger partial charge >= 0.3 is 0 Å². The third-order valence-corrected chi connectivity index (χ3v) is 15.5. The Morgan fingerprint density at radius 3 is 2.44 bits per heavy atom.